The Bertz CT molecular complexity index is 1070. The minimum atomic E-state index is -4.56. The summed E-state index contributed by atoms with van der Waals surface area (Å²) in [6.45, 7) is 2.16. The molecule has 2 fully saturated rings. The van der Waals surface area contributed by atoms with Crippen LogP contribution >= 0.6 is 11.6 Å². The number of hydrogen-bond acceptors (Lipinski definition) is 5. The molecule has 2 aromatic rings. The number of pyridine rings is 1. The molecule has 2 heterocycles. The van der Waals surface area contributed by atoms with Crippen LogP contribution in [0.4, 0.5) is 18.9 Å². The second-order valence-electron chi connectivity index (χ2n) is 8.97. The normalized spacial score (nSPS) is 21.1. The minimum Gasteiger partial charge on any atom is -0.382 e. The molecule has 11 heteroatoms. The van der Waals surface area contributed by atoms with Gasteiger partial charge in [-0.1, -0.05) is 11.6 Å². The molecular formula is C24H28ClF3N4O3. The summed E-state index contributed by atoms with van der Waals surface area (Å²) < 4.78 is 45.3. The van der Waals surface area contributed by atoms with Gasteiger partial charge in [0.15, 0.2) is 0 Å². The highest BCUT2D eigenvalue weighted by Gasteiger charge is 2.34. The van der Waals surface area contributed by atoms with Crippen LogP contribution in [0.3, 0.4) is 0 Å². The number of morpholine rings is 1. The Balaban J connectivity index is 1.30. The highest BCUT2D eigenvalue weighted by molar-refractivity contribution is 6.31. The number of halogens is 4. The first kappa shape index (κ1) is 25.5. The first-order chi connectivity index (χ1) is 16.7. The van der Waals surface area contributed by atoms with Gasteiger partial charge in [0.1, 0.15) is 5.69 Å². The van der Waals surface area contributed by atoms with E-state index >= 15 is 0 Å². The van der Waals surface area contributed by atoms with Gasteiger partial charge in [-0.05, 0) is 49.9 Å². The SMILES string of the molecule is O=C(CCC(=O)N1CCOCC1)NC1CCC(Nc2cc(C(F)(F)F)nc3ccc(Cl)cc23)CC1. The van der Waals surface area contributed by atoms with E-state index in [0.717, 1.165) is 6.07 Å². The molecular weight excluding hydrogens is 485 g/mol. The van der Waals surface area contributed by atoms with Crippen molar-refractivity contribution in [3.8, 4) is 0 Å². The van der Waals surface area contributed by atoms with Crippen LogP contribution in [0.25, 0.3) is 10.9 Å². The fraction of sp³-hybridized carbons (Fsp3) is 0.542. The number of nitrogens with zero attached hydrogens (tertiary/aromatic N) is 2. The number of carbonyl (C=O) groups excluding carboxylic acids is 2. The average Bonchev–Trinajstić information content (AvgIpc) is 2.84. The van der Waals surface area contributed by atoms with Gasteiger partial charge >= 0.3 is 6.18 Å². The zero-order valence-corrected chi connectivity index (χ0v) is 19.9. The van der Waals surface area contributed by atoms with Crippen molar-refractivity contribution in [2.45, 2.75) is 56.8 Å². The molecule has 4 rings (SSSR count). The fourth-order valence-corrected chi connectivity index (χ4v) is 4.73. The highest BCUT2D eigenvalue weighted by atomic mass is 35.5. The van der Waals surface area contributed by atoms with Gasteiger partial charge < -0.3 is 20.3 Å². The molecule has 35 heavy (non-hydrogen) atoms. The Hall–Kier alpha value is -2.59. The maximum absolute atomic E-state index is 13.4. The van der Waals surface area contributed by atoms with Crippen molar-refractivity contribution in [1.82, 2.24) is 15.2 Å². The predicted octanol–water partition coefficient (Wildman–Crippen LogP) is 4.39. The smallest absolute Gasteiger partial charge is 0.382 e. The van der Waals surface area contributed by atoms with E-state index in [1.165, 1.54) is 12.1 Å². The zero-order chi connectivity index (χ0) is 25.0. The molecule has 1 aromatic heterocycles. The lowest BCUT2D eigenvalue weighted by molar-refractivity contribution is -0.141. The third-order valence-electron chi connectivity index (χ3n) is 6.44. The van der Waals surface area contributed by atoms with Crippen molar-refractivity contribution in [2.75, 3.05) is 31.6 Å². The number of benzene rings is 1. The molecule has 0 unspecified atom stereocenters. The molecule has 0 radical (unpaired) electrons. The predicted molar refractivity (Wildman–Crippen MR) is 126 cm³/mol. The molecule has 7 nitrogen and oxygen atoms in total. The molecule has 0 spiro atoms. The van der Waals surface area contributed by atoms with E-state index in [9.17, 15) is 22.8 Å². The van der Waals surface area contributed by atoms with E-state index in [1.54, 1.807) is 11.0 Å². The minimum absolute atomic E-state index is 0.0200. The second-order valence-corrected chi connectivity index (χ2v) is 9.40. The van der Waals surface area contributed by atoms with Crippen LogP contribution in [-0.4, -0.2) is 60.1 Å². The van der Waals surface area contributed by atoms with E-state index in [1.807, 2.05) is 0 Å². The molecule has 0 atom stereocenters. The van der Waals surface area contributed by atoms with E-state index in [4.69, 9.17) is 16.3 Å². The summed E-state index contributed by atoms with van der Waals surface area (Å²) in [5.74, 6) is -0.202. The lowest BCUT2D eigenvalue weighted by Gasteiger charge is -2.31. The van der Waals surface area contributed by atoms with Crippen LogP contribution in [-0.2, 0) is 20.5 Å². The Morgan fingerprint density at radius 2 is 1.74 bits per heavy atom. The van der Waals surface area contributed by atoms with Gasteiger partial charge in [-0.25, -0.2) is 4.98 Å². The average molecular weight is 513 g/mol. The Kier molecular flexibility index (Phi) is 8.01. The highest BCUT2D eigenvalue weighted by Crippen LogP contribution is 2.35. The van der Waals surface area contributed by atoms with E-state index in [0.29, 0.717) is 68.1 Å². The number of hydrogen-bond donors (Lipinski definition) is 2. The number of amides is 2. The van der Waals surface area contributed by atoms with Crippen molar-refractivity contribution in [3.63, 3.8) is 0 Å². The van der Waals surface area contributed by atoms with Crippen molar-refractivity contribution in [1.29, 1.82) is 0 Å². The van der Waals surface area contributed by atoms with Crippen molar-refractivity contribution < 1.29 is 27.5 Å². The van der Waals surface area contributed by atoms with Gasteiger partial charge in [-0.15, -0.1) is 0 Å². The zero-order valence-electron chi connectivity index (χ0n) is 19.2. The lowest BCUT2D eigenvalue weighted by atomic mass is 9.90. The van der Waals surface area contributed by atoms with Crippen LogP contribution < -0.4 is 10.6 Å². The van der Waals surface area contributed by atoms with Gasteiger partial charge in [0, 0.05) is 54.1 Å². The first-order valence-electron chi connectivity index (χ1n) is 11.8. The van der Waals surface area contributed by atoms with Gasteiger partial charge in [0.2, 0.25) is 11.8 Å². The Morgan fingerprint density at radius 1 is 1.06 bits per heavy atom. The summed E-state index contributed by atoms with van der Waals surface area (Å²) in [5, 5.41) is 7.18. The largest absolute Gasteiger partial charge is 0.433 e. The molecule has 1 aliphatic carbocycles. The number of carbonyl (C=O) groups is 2. The molecule has 2 N–H and O–H groups in total. The number of aromatic nitrogens is 1. The summed E-state index contributed by atoms with van der Waals surface area (Å²) in [5.41, 5.74) is -0.388. The molecule has 1 aromatic carbocycles. The Morgan fingerprint density at radius 3 is 2.43 bits per heavy atom. The number of nitrogens with one attached hydrogen (secondary N) is 2. The van der Waals surface area contributed by atoms with E-state index < -0.39 is 11.9 Å². The van der Waals surface area contributed by atoms with E-state index in [2.05, 4.69) is 15.6 Å². The standard InChI is InChI=1S/C24H28ClF3N4O3/c25-15-1-6-19-18(13-15)20(14-21(31-19)24(26,27)28)29-16-2-4-17(5-3-16)30-22(33)7-8-23(34)32-9-11-35-12-10-32/h1,6,13-14,16-17H,2-5,7-12H2,(H,29,31)(H,30,33). The molecule has 0 bridgehead atoms. The number of rotatable bonds is 6. The monoisotopic (exact) mass is 512 g/mol. The second kappa shape index (κ2) is 11.0. The molecule has 2 aliphatic rings. The van der Waals surface area contributed by atoms with Crippen LogP contribution in [0.5, 0.6) is 0 Å². The number of alkyl halides is 3. The van der Waals surface area contributed by atoms with Gasteiger partial charge in [0.05, 0.1) is 18.7 Å². The molecule has 1 saturated heterocycles. The van der Waals surface area contributed by atoms with Gasteiger partial charge in [-0.3, -0.25) is 9.59 Å². The van der Waals surface area contributed by atoms with Crippen LogP contribution in [0.15, 0.2) is 24.3 Å². The lowest BCUT2D eigenvalue weighted by Crippen LogP contribution is -2.42. The van der Waals surface area contributed by atoms with E-state index in [-0.39, 0.29) is 42.3 Å². The third kappa shape index (κ3) is 6.76. The first-order valence-corrected chi connectivity index (χ1v) is 12.2. The van der Waals surface area contributed by atoms with Crippen LogP contribution in [0.2, 0.25) is 5.02 Å². The maximum atomic E-state index is 13.4. The van der Waals surface area contributed by atoms with Crippen LogP contribution in [0, 0.1) is 0 Å². The Labute approximate surface area is 206 Å². The number of ether oxygens (including phenoxy) is 1. The van der Waals surface area contributed by atoms with Crippen molar-refractivity contribution in [3.05, 3.63) is 35.0 Å². The molecule has 190 valence electrons. The molecule has 2 amide bonds. The summed E-state index contributed by atoms with van der Waals surface area (Å²) >= 11 is 6.07. The third-order valence-corrected chi connectivity index (χ3v) is 6.68. The van der Waals surface area contributed by atoms with Gasteiger partial charge in [0.25, 0.3) is 0 Å². The number of fused-ring (bicyclic) bond motifs is 1. The van der Waals surface area contributed by atoms with Gasteiger partial charge in [-0.2, -0.15) is 13.2 Å². The quantitative estimate of drug-likeness (QED) is 0.600. The van der Waals surface area contributed by atoms with Crippen LogP contribution in [0.1, 0.15) is 44.2 Å². The molecule has 1 saturated carbocycles. The molecule has 1 aliphatic heterocycles. The summed E-state index contributed by atoms with van der Waals surface area (Å²) in [6.07, 6.45) is -1.50. The van der Waals surface area contributed by atoms with Crippen molar-refractivity contribution in [2.24, 2.45) is 0 Å². The summed E-state index contributed by atoms with van der Waals surface area (Å²) in [6, 6.07) is 5.57. The topological polar surface area (TPSA) is 83.6 Å². The summed E-state index contributed by atoms with van der Waals surface area (Å²) in [7, 11) is 0. The fourth-order valence-electron chi connectivity index (χ4n) is 4.56. The number of anilines is 1. The maximum Gasteiger partial charge on any atom is 0.433 e. The summed E-state index contributed by atoms with van der Waals surface area (Å²) in [4.78, 5) is 30.0. The van der Waals surface area contributed by atoms with Crippen molar-refractivity contribution >= 4 is 40.0 Å².